The van der Waals surface area contributed by atoms with Gasteiger partial charge in [0.15, 0.2) is 0 Å². The Kier molecular flexibility index (Phi) is 4.68. The number of anilines is 1. The van der Waals surface area contributed by atoms with Gasteiger partial charge in [-0.25, -0.2) is 0 Å². The van der Waals surface area contributed by atoms with E-state index < -0.39 is 0 Å². The lowest BCUT2D eigenvalue weighted by atomic mass is 9.83. The van der Waals surface area contributed by atoms with Crippen LogP contribution in [0.3, 0.4) is 0 Å². The second-order valence-electron chi connectivity index (χ2n) is 6.59. The minimum absolute atomic E-state index is 0.0416. The summed E-state index contributed by atoms with van der Waals surface area (Å²) in [5.41, 5.74) is 3.21. The molecule has 132 valence electrons. The molecule has 26 heavy (non-hydrogen) atoms. The van der Waals surface area contributed by atoms with Crippen LogP contribution >= 0.6 is 15.9 Å². The van der Waals surface area contributed by atoms with Gasteiger partial charge in [0, 0.05) is 22.2 Å². The van der Waals surface area contributed by atoms with Gasteiger partial charge >= 0.3 is 0 Å². The number of benzene rings is 3. The zero-order valence-corrected chi connectivity index (χ0v) is 16.2. The first-order chi connectivity index (χ1) is 12.7. The van der Waals surface area contributed by atoms with Crippen LogP contribution in [0.15, 0.2) is 59.1 Å². The van der Waals surface area contributed by atoms with Crippen molar-refractivity contribution < 1.29 is 9.53 Å². The van der Waals surface area contributed by atoms with Crippen LogP contribution in [0.25, 0.3) is 10.8 Å². The maximum Gasteiger partial charge on any atom is 0.225 e. The molecule has 1 heterocycles. The summed E-state index contributed by atoms with van der Waals surface area (Å²) >= 11 is 3.70. The molecule has 1 aliphatic rings. The van der Waals surface area contributed by atoms with E-state index >= 15 is 0 Å². The monoisotopic (exact) mass is 409 g/mol. The first kappa shape index (κ1) is 17.1. The average Bonchev–Trinajstić information content (AvgIpc) is 2.67. The summed E-state index contributed by atoms with van der Waals surface area (Å²) in [6.07, 6.45) is 1.44. The van der Waals surface area contributed by atoms with Crippen molar-refractivity contribution in [3.63, 3.8) is 0 Å². The Labute approximate surface area is 161 Å². The Morgan fingerprint density at radius 2 is 1.85 bits per heavy atom. The largest absolute Gasteiger partial charge is 0.494 e. The molecule has 3 aromatic carbocycles. The molecule has 1 atom stereocenters. The molecule has 3 aromatic rings. The van der Waals surface area contributed by atoms with Crippen LogP contribution in [0.2, 0.25) is 0 Å². The number of halogens is 1. The van der Waals surface area contributed by atoms with Crippen molar-refractivity contribution in [2.24, 2.45) is 0 Å². The van der Waals surface area contributed by atoms with Crippen molar-refractivity contribution in [2.75, 3.05) is 11.9 Å². The van der Waals surface area contributed by atoms with Crippen LogP contribution in [0.1, 0.15) is 36.8 Å². The predicted molar refractivity (Wildman–Crippen MR) is 109 cm³/mol. The van der Waals surface area contributed by atoms with Gasteiger partial charge in [0.1, 0.15) is 5.75 Å². The summed E-state index contributed by atoms with van der Waals surface area (Å²) in [5, 5.41) is 5.26. The maximum atomic E-state index is 12.4. The second kappa shape index (κ2) is 7.12. The average molecular weight is 410 g/mol. The van der Waals surface area contributed by atoms with Crippen LogP contribution in [0.4, 0.5) is 5.69 Å². The molecular weight excluding hydrogens is 390 g/mol. The number of hydrogen-bond donors (Lipinski definition) is 1. The van der Waals surface area contributed by atoms with Gasteiger partial charge in [0.05, 0.1) is 12.3 Å². The smallest absolute Gasteiger partial charge is 0.225 e. The zero-order chi connectivity index (χ0) is 18.1. The van der Waals surface area contributed by atoms with Crippen LogP contribution in [0.5, 0.6) is 5.75 Å². The minimum atomic E-state index is 0.0416. The lowest BCUT2D eigenvalue weighted by Crippen LogP contribution is -2.23. The molecule has 0 aromatic heterocycles. The summed E-state index contributed by atoms with van der Waals surface area (Å²) in [5.74, 6) is 0.969. The third-order valence-electron chi connectivity index (χ3n) is 4.81. The molecule has 0 unspecified atom stereocenters. The fourth-order valence-electron chi connectivity index (χ4n) is 3.57. The highest BCUT2D eigenvalue weighted by atomic mass is 79.9. The molecule has 0 saturated heterocycles. The highest BCUT2D eigenvalue weighted by molar-refractivity contribution is 9.10. The molecule has 0 radical (unpaired) electrons. The first-order valence-corrected chi connectivity index (χ1v) is 9.70. The van der Waals surface area contributed by atoms with Gasteiger partial charge < -0.3 is 10.1 Å². The van der Waals surface area contributed by atoms with Crippen LogP contribution in [-0.2, 0) is 4.79 Å². The van der Waals surface area contributed by atoms with Crippen molar-refractivity contribution in [3.05, 3.63) is 70.2 Å². The highest BCUT2D eigenvalue weighted by Gasteiger charge is 2.28. The molecule has 0 aliphatic carbocycles. The van der Waals surface area contributed by atoms with Gasteiger partial charge in [0.25, 0.3) is 0 Å². The summed E-state index contributed by atoms with van der Waals surface area (Å²) in [6, 6.07) is 18.4. The highest BCUT2D eigenvalue weighted by Crippen LogP contribution is 2.43. The number of amides is 1. The van der Waals surface area contributed by atoms with Crippen LogP contribution in [0, 0.1) is 0 Å². The molecule has 0 saturated carbocycles. The number of ether oxygens (including phenoxy) is 1. The van der Waals surface area contributed by atoms with Crippen molar-refractivity contribution in [3.8, 4) is 5.75 Å². The topological polar surface area (TPSA) is 38.3 Å². The van der Waals surface area contributed by atoms with E-state index in [1.165, 1.54) is 0 Å². The third-order valence-corrected chi connectivity index (χ3v) is 5.47. The first-order valence-electron chi connectivity index (χ1n) is 8.91. The quantitative estimate of drug-likeness (QED) is 0.585. The molecule has 1 aliphatic heterocycles. The molecular formula is C22H20BrNO2. The van der Waals surface area contributed by atoms with Crippen LogP contribution < -0.4 is 10.1 Å². The third kappa shape index (κ3) is 3.10. The number of fused-ring (bicyclic) bond motifs is 3. The van der Waals surface area contributed by atoms with E-state index in [0.717, 1.165) is 44.2 Å². The summed E-state index contributed by atoms with van der Waals surface area (Å²) < 4.78 is 6.73. The van der Waals surface area contributed by atoms with E-state index in [-0.39, 0.29) is 11.8 Å². The molecule has 0 fully saturated rings. The lowest BCUT2D eigenvalue weighted by molar-refractivity contribution is -0.116. The SMILES string of the molecule is CCCOc1ccc([C@@H]2CC(=O)Nc3c2cc(Br)c2ccccc32)cc1. The molecule has 1 N–H and O–H groups in total. The molecule has 3 nitrogen and oxygen atoms in total. The predicted octanol–water partition coefficient (Wildman–Crippen LogP) is 5.87. The van der Waals surface area contributed by atoms with E-state index in [9.17, 15) is 4.79 Å². The summed E-state index contributed by atoms with van der Waals surface area (Å²) in [6.45, 7) is 2.81. The van der Waals surface area contributed by atoms with Gasteiger partial charge in [-0.15, -0.1) is 0 Å². The van der Waals surface area contributed by atoms with E-state index in [2.05, 4.69) is 58.5 Å². The zero-order valence-electron chi connectivity index (χ0n) is 14.6. The molecule has 1 amide bonds. The van der Waals surface area contributed by atoms with Gasteiger partial charge in [-0.3, -0.25) is 4.79 Å². The Bertz CT molecular complexity index is 966. The standard InChI is InChI=1S/C22H20BrNO2/c1-2-11-26-15-9-7-14(8-10-15)18-13-21(25)24-22-17-6-4-3-5-16(17)20(23)12-19(18)22/h3-10,12,18H,2,11,13H2,1H3,(H,24,25)/t18-/m0/s1. The van der Waals surface area contributed by atoms with Gasteiger partial charge in [-0.1, -0.05) is 59.3 Å². The van der Waals surface area contributed by atoms with Gasteiger partial charge in [-0.05, 0) is 41.1 Å². The summed E-state index contributed by atoms with van der Waals surface area (Å²) in [4.78, 5) is 12.4. The van der Waals surface area contributed by atoms with E-state index in [4.69, 9.17) is 4.74 Å². The van der Waals surface area contributed by atoms with E-state index in [1.807, 2.05) is 24.3 Å². The number of carbonyl (C=O) groups excluding carboxylic acids is 1. The second-order valence-corrected chi connectivity index (χ2v) is 7.44. The van der Waals surface area contributed by atoms with Crippen molar-refractivity contribution in [2.45, 2.75) is 25.7 Å². The van der Waals surface area contributed by atoms with Gasteiger partial charge in [-0.2, -0.15) is 0 Å². The number of nitrogens with one attached hydrogen (secondary N) is 1. The maximum absolute atomic E-state index is 12.4. The Balaban J connectivity index is 1.79. The molecule has 4 heteroatoms. The fraction of sp³-hybridized carbons (Fsp3) is 0.227. The Hall–Kier alpha value is -2.33. The van der Waals surface area contributed by atoms with Crippen molar-refractivity contribution >= 4 is 38.3 Å². The minimum Gasteiger partial charge on any atom is -0.494 e. The molecule has 4 rings (SSSR count). The lowest BCUT2D eigenvalue weighted by Gasteiger charge is -2.28. The van der Waals surface area contributed by atoms with Crippen molar-refractivity contribution in [1.29, 1.82) is 0 Å². The summed E-state index contributed by atoms with van der Waals surface area (Å²) in [7, 11) is 0. The number of hydrogen-bond acceptors (Lipinski definition) is 2. The van der Waals surface area contributed by atoms with E-state index in [0.29, 0.717) is 13.0 Å². The number of carbonyl (C=O) groups is 1. The molecule has 0 spiro atoms. The van der Waals surface area contributed by atoms with Crippen LogP contribution in [-0.4, -0.2) is 12.5 Å². The van der Waals surface area contributed by atoms with Gasteiger partial charge in [0.2, 0.25) is 5.91 Å². The van der Waals surface area contributed by atoms with E-state index in [1.54, 1.807) is 0 Å². The number of rotatable bonds is 4. The molecule has 0 bridgehead atoms. The Morgan fingerprint density at radius 3 is 2.58 bits per heavy atom. The van der Waals surface area contributed by atoms with Crippen molar-refractivity contribution in [1.82, 2.24) is 0 Å². The fourth-order valence-corrected chi connectivity index (χ4v) is 4.16. The Morgan fingerprint density at radius 1 is 1.12 bits per heavy atom. The normalized spacial score (nSPS) is 16.2.